The Morgan fingerprint density at radius 2 is 1.96 bits per heavy atom. The summed E-state index contributed by atoms with van der Waals surface area (Å²) in [6, 6.07) is 6.10. The van der Waals surface area contributed by atoms with Crippen LogP contribution in [-0.4, -0.2) is 23.2 Å². The summed E-state index contributed by atoms with van der Waals surface area (Å²) >= 11 is 5.54. The van der Waals surface area contributed by atoms with E-state index in [1.165, 1.54) is 12.1 Å². The predicted octanol–water partition coefficient (Wildman–Crippen LogP) is 4.82. The zero-order valence-corrected chi connectivity index (χ0v) is 15.0. The molecule has 0 heterocycles. The maximum Gasteiger partial charge on any atom is 0.407 e. The summed E-state index contributed by atoms with van der Waals surface area (Å²) in [5.74, 6) is -1.82. The molecule has 0 saturated carbocycles. The molecule has 0 spiro atoms. The van der Waals surface area contributed by atoms with E-state index in [9.17, 15) is 27.5 Å². The lowest BCUT2D eigenvalue weighted by atomic mass is 10.1. The molecule has 0 saturated heterocycles. The lowest BCUT2D eigenvalue weighted by molar-refractivity contribution is -0.137. The van der Waals surface area contributed by atoms with Crippen molar-refractivity contribution in [1.29, 1.82) is 0 Å². The lowest BCUT2D eigenvalue weighted by Gasteiger charge is -2.23. The van der Waals surface area contributed by atoms with Crippen molar-refractivity contribution in [1.82, 2.24) is 0 Å². The van der Waals surface area contributed by atoms with E-state index >= 15 is 0 Å². The molecule has 0 bridgehead atoms. The molecule has 0 aliphatic carbocycles. The Balaban J connectivity index is 2.12. The number of ether oxygens (including phenoxy) is 1. The van der Waals surface area contributed by atoms with E-state index < -0.39 is 41.4 Å². The minimum Gasteiger partial charge on any atom is -0.490 e. The predicted molar refractivity (Wildman–Crippen MR) is 93.9 cm³/mol. The number of aliphatic hydroxyl groups is 1. The van der Waals surface area contributed by atoms with Gasteiger partial charge in [0.15, 0.2) is 11.3 Å². The van der Waals surface area contributed by atoms with Crippen LogP contribution >= 0.6 is 11.6 Å². The first-order valence-corrected chi connectivity index (χ1v) is 8.02. The first kappa shape index (κ1) is 21.5. The SMILES string of the molecule is [C-]#[N+]c1ccc(NC(=O)[C@@](C)(O)COc2ccc(Cl)c(F)c2)cc1C(F)(F)F. The summed E-state index contributed by atoms with van der Waals surface area (Å²) in [6.45, 7) is 7.26. The van der Waals surface area contributed by atoms with Gasteiger partial charge in [-0.1, -0.05) is 17.7 Å². The second-order valence-electron chi connectivity index (χ2n) is 5.93. The van der Waals surface area contributed by atoms with Gasteiger partial charge in [-0.3, -0.25) is 4.79 Å². The fourth-order valence-corrected chi connectivity index (χ4v) is 2.18. The van der Waals surface area contributed by atoms with Gasteiger partial charge in [0, 0.05) is 11.8 Å². The second kappa shape index (κ2) is 8.04. The van der Waals surface area contributed by atoms with E-state index in [2.05, 4.69) is 10.2 Å². The van der Waals surface area contributed by atoms with Crippen molar-refractivity contribution >= 4 is 28.9 Å². The Kier molecular flexibility index (Phi) is 6.17. The summed E-state index contributed by atoms with van der Waals surface area (Å²) in [5.41, 5.74) is -4.24. The first-order chi connectivity index (χ1) is 12.9. The van der Waals surface area contributed by atoms with E-state index in [4.69, 9.17) is 22.9 Å². The lowest BCUT2D eigenvalue weighted by Crippen LogP contribution is -2.45. The van der Waals surface area contributed by atoms with Crippen LogP contribution in [0.2, 0.25) is 5.02 Å². The third-order valence-corrected chi connectivity index (χ3v) is 3.89. The largest absolute Gasteiger partial charge is 0.490 e. The van der Waals surface area contributed by atoms with Gasteiger partial charge in [-0.15, -0.1) is 0 Å². The molecule has 10 heteroatoms. The van der Waals surface area contributed by atoms with Crippen LogP contribution < -0.4 is 10.1 Å². The average Bonchev–Trinajstić information content (AvgIpc) is 2.62. The minimum atomic E-state index is -4.79. The number of hydrogen-bond donors (Lipinski definition) is 2. The Morgan fingerprint density at radius 3 is 2.54 bits per heavy atom. The van der Waals surface area contributed by atoms with Gasteiger partial charge in [-0.25, -0.2) is 9.24 Å². The van der Waals surface area contributed by atoms with Crippen molar-refractivity contribution < 1.29 is 32.2 Å². The number of carbonyl (C=O) groups is 1. The highest BCUT2D eigenvalue weighted by atomic mass is 35.5. The molecule has 28 heavy (non-hydrogen) atoms. The quantitative estimate of drug-likeness (QED) is 0.542. The number of benzene rings is 2. The smallest absolute Gasteiger partial charge is 0.407 e. The third-order valence-electron chi connectivity index (χ3n) is 3.58. The van der Waals surface area contributed by atoms with E-state index in [0.717, 1.165) is 25.1 Å². The standard InChI is InChI=1S/C18H13ClF4N2O3/c1-17(27,9-28-11-4-5-13(19)14(20)8-11)16(26)25-10-3-6-15(24-2)12(7-10)18(21,22)23/h3-8,27H,9H2,1H3,(H,25,26)/t17-/m0/s1. The molecule has 2 aromatic carbocycles. The summed E-state index contributed by atoms with van der Waals surface area (Å²) in [4.78, 5) is 15.0. The maximum absolute atomic E-state index is 13.4. The highest BCUT2D eigenvalue weighted by Gasteiger charge is 2.35. The van der Waals surface area contributed by atoms with Crippen LogP contribution in [0.25, 0.3) is 4.85 Å². The van der Waals surface area contributed by atoms with Crippen molar-refractivity contribution in [3.8, 4) is 5.75 Å². The molecule has 1 amide bonds. The summed E-state index contributed by atoms with van der Waals surface area (Å²) < 4.78 is 57.5. The van der Waals surface area contributed by atoms with Crippen molar-refractivity contribution in [2.75, 3.05) is 11.9 Å². The van der Waals surface area contributed by atoms with Crippen molar-refractivity contribution in [2.24, 2.45) is 0 Å². The molecule has 148 valence electrons. The van der Waals surface area contributed by atoms with Gasteiger partial charge in [-0.05, 0) is 31.2 Å². The van der Waals surface area contributed by atoms with Crippen molar-refractivity contribution in [2.45, 2.75) is 18.7 Å². The molecule has 0 aliphatic heterocycles. The summed E-state index contributed by atoms with van der Waals surface area (Å²) in [5, 5.41) is 12.2. The van der Waals surface area contributed by atoms with Gasteiger partial charge < -0.3 is 15.2 Å². The topological polar surface area (TPSA) is 62.9 Å². The summed E-state index contributed by atoms with van der Waals surface area (Å²) in [6.07, 6.45) is -4.79. The number of alkyl halides is 3. The molecule has 2 N–H and O–H groups in total. The minimum absolute atomic E-state index is 0.00394. The molecule has 2 aromatic rings. The third kappa shape index (κ3) is 5.12. The van der Waals surface area contributed by atoms with Crippen LogP contribution in [0.4, 0.5) is 28.9 Å². The van der Waals surface area contributed by atoms with Crippen LogP contribution in [0.3, 0.4) is 0 Å². The van der Waals surface area contributed by atoms with Crippen LogP contribution in [0.15, 0.2) is 36.4 Å². The van der Waals surface area contributed by atoms with Gasteiger partial charge in [0.25, 0.3) is 5.91 Å². The number of rotatable bonds is 5. The molecule has 2 rings (SSSR count). The molecule has 1 atom stereocenters. The molecular weight excluding hydrogens is 404 g/mol. The van der Waals surface area contributed by atoms with Crippen LogP contribution in [0.5, 0.6) is 5.75 Å². The Morgan fingerprint density at radius 1 is 1.29 bits per heavy atom. The van der Waals surface area contributed by atoms with Gasteiger partial charge in [0.05, 0.1) is 17.2 Å². The number of amides is 1. The Hall–Kier alpha value is -2.83. The molecule has 0 aromatic heterocycles. The fourth-order valence-electron chi connectivity index (χ4n) is 2.06. The monoisotopic (exact) mass is 416 g/mol. The first-order valence-electron chi connectivity index (χ1n) is 7.64. The normalized spacial score (nSPS) is 13.4. The summed E-state index contributed by atoms with van der Waals surface area (Å²) in [7, 11) is 0. The number of anilines is 1. The highest BCUT2D eigenvalue weighted by molar-refractivity contribution is 6.30. The molecule has 0 unspecified atom stereocenters. The van der Waals surface area contributed by atoms with E-state index in [1.54, 1.807) is 0 Å². The molecular formula is C18H13ClF4N2O3. The van der Waals surface area contributed by atoms with Crippen LogP contribution in [0, 0.1) is 12.4 Å². The Bertz CT molecular complexity index is 939. The second-order valence-corrected chi connectivity index (χ2v) is 6.34. The molecule has 0 aliphatic rings. The zero-order chi connectivity index (χ0) is 21.1. The highest BCUT2D eigenvalue weighted by Crippen LogP contribution is 2.38. The van der Waals surface area contributed by atoms with E-state index in [1.807, 2.05) is 0 Å². The van der Waals surface area contributed by atoms with E-state index in [0.29, 0.717) is 6.07 Å². The van der Waals surface area contributed by atoms with Crippen LogP contribution in [-0.2, 0) is 11.0 Å². The van der Waals surface area contributed by atoms with Crippen molar-refractivity contribution in [3.63, 3.8) is 0 Å². The number of halogens is 5. The molecule has 5 nitrogen and oxygen atoms in total. The van der Waals surface area contributed by atoms with Gasteiger partial charge >= 0.3 is 6.18 Å². The molecule has 0 fully saturated rings. The van der Waals surface area contributed by atoms with Gasteiger partial charge in [-0.2, -0.15) is 13.2 Å². The zero-order valence-electron chi connectivity index (χ0n) is 14.3. The van der Waals surface area contributed by atoms with Gasteiger partial charge in [0.1, 0.15) is 18.2 Å². The Labute approximate surface area is 162 Å². The van der Waals surface area contributed by atoms with Crippen molar-refractivity contribution in [3.05, 3.63) is 64.2 Å². The molecule has 0 radical (unpaired) electrons. The van der Waals surface area contributed by atoms with E-state index in [-0.39, 0.29) is 16.5 Å². The average molecular weight is 417 g/mol. The van der Waals surface area contributed by atoms with Crippen LogP contribution in [0.1, 0.15) is 12.5 Å². The number of nitrogens with zero attached hydrogens (tertiary/aromatic N) is 1. The number of hydrogen-bond acceptors (Lipinski definition) is 3. The maximum atomic E-state index is 13.4. The van der Waals surface area contributed by atoms with Gasteiger partial charge in [0.2, 0.25) is 0 Å². The number of nitrogens with one attached hydrogen (secondary N) is 1. The fraction of sp³-hybridized carbons (Fsp3) is 0.222. The number of carbonyl (C=O) groups excluding carboxylic acids is 1.